The first-order valence-corrected chi connectivity index (χ1v) is 8.35. The van der Waals surface area contributed by atoms with Crippen molar-refractivity contribution in [2.24, 2.45) is 0 Å². The Hall–Kier alpha value is -2.99. The van der Waals surface area contributed by atoms with Crippen LogP contribution in [0.1, 0.15) is 16.1 Å². The highest BCUT2D eigenvalue weighted by molar-refractivity contribution is 7.13. The Morgan fingerprint density at radius 2 is 1.92 bits per heavy atom. The highest BCUT2D eigenvalue weighted by atomic mass is 32.1. The fourth-order valence-electron chi connectivity index (χ4n) is 2.51. The van der Waals surface area contributed by atoms with Gasteiger partial charge in [0.1, 0.15) is 0 Å². The smallest absolute Gasteiger partial charge is 0.257 e. The molecule has 0 unspecified atom stereocenters. The summed E-state index contributed by atoms with van der Waals surface area (Å²) < 4.78 is 1.86. The molecule has 0 atom stereocenters. The molecule has 5 nitrogen and oxygen atoms in total. The molecular weight excluding hydrogens is 320 g/mol. The molecule has 0 aliphatic heterocycles. The van der Waals surface area contributed by atoms with Crippen molar-refractivity contribution in [3.8, 4) is 5.69 Å². The molecule has 0 spiro atoms. The van der Waals surface area contributed by atoms with E-state index in [1.807, 2.05) is 59.6 Å². The summed E-state index contributed by atoms with van der Waals surface area (Å²) in [5.74, 6) is -0.166. The fraction of sp³-hybridized carbons (Fsp3) is 0.0556. The number of anilines is 1. The Bertz CT molecular complexity index is 1020. The molecule has 0 aliphatic rings. The number of nitrogens with one attached hydrogen (secondary N) is 1. The zero-order chi connectivity index (χ0) is 16.5. The SMILES string of the molecule is Cc1csc(NC(=O)c2ccc(-n3ncc4ccccc43)cc2)n1. The first-order valence-electron chi connectivity index (χ1n) is 7.47. The number of hydrogen-bond acceptors (Lipinski definition) is 4. The van der Waals surface area contributed by atoms with Gasteiger partial charge >= 0.3 is 0 Å². The number of amides is 1. The van der Waals surface area contributed by atoms with Crippen molar-refractivity contribution in [3.05, 3.63) is 71.4 Å². The van der Waals surface area contributed by atoms with Gasteiger partial charge in [-0.2, -0.15) is 5.10 Å². The molecule has 2 aromatic carbocycles. The summed E-state index contributed by atoms with van der Waals surface area (Å²) in [6, 6.07) is 15.4. The van der Waals surface area contributed by atoms with Gasteiger partial charge in [0.15, 0.2) is 5.13 Å². The maximum atomic E-state index is 12.3. The van der Waals surface area contributed by atoms with Crippen molar-refractivity contribution < 1.29 is 4.79 Å². The minimum atomic E-state index is -0.166. The van der Waals surface area contributed by atoms with Crippen molar-refractivity contribution in [2.75, 3.05) is 5.32 Å². The average Bonchev–Trinajstić information content (AvgIpc) is 3.21. The third kappa shape index (κ3) is 2.68. The number of nitrogens with zero attached hydrogens (tertiary/aromatic N) is 3. The lowest BCUT2D eigenvalue weighted by Gasteiger charge is -2.06. The van der Waals surface area contributed by atoms with Gasteiger partial charge in [0.25, 0.3) is 5.91 Å². The molecule has 0 saturated carbocycles. The lowest BCUT2D eigenvalue weighted by molar-refractivity contribution is 0.102. The van der Waals surface area contributed by atoms with Crippen LogP contribution in [-0.2, 0) is 0 Å². The van der Waals surface area contributed by atoms with Gasteiger partial charge in [-0.05, 0) is 37.3 Å². The summed E-state index contributed by atoms with van der Waals surface area (Å²) in [7, 11) is 0. The number of aryl methyl sites for hydroxylation is 1. The van der Waals surface area contributed by atoms with Gasteiger partial charge in [-0.15, -0.1) is 11.3 Å². The second kappa shape index (κ2) is 5.90. The van der Waals surface area contributed by atoms with Gasteiger partial charge in [0, 0.05) is 16.3 Å². The highest BCUT2D eigenvalue weighted by Crippen LogP contribution is 2.19. The number of aromatic nitrogens is 3. The van der Waals surface area contributed by atoms with Crippen molar-refractivity contribution in [2.45, 2.75) is 6.92 Å². The van der Waals surface area contributed by atoms with Crippen LogP contribution >= 0.6 is 11.3 Å². The average molecular weight is 334 g/mol. The van der Waals surface area contributed by atoms with Gasteiger partial charge in [-0.3, -0.25) is 10.1 Å². The van der Waals surface area contributed by atoms with Crippen LogP contribution < -0.4 is 5.32 Å². The van der Waals surface area contributed by atoms with Crippen LogP contribution in [0.15, 0.2) is 60.1 Å². The Morgan fingerprint density at radius 3 is 2.67 bits per heavy atom. The molecule has 0 fully saturated rings. The molecule has 0 aliphatic carbocycles. The van der Waals surface area contributed by atoms with Crippen molar-refractivity contribution in [1.29, 1.82) is 0 Å². The van der Waals surface area contributed by atoms with E-state index in [9.17, 15) is 4.79 Å². The van der Waals surface area contributed by atoms with Crippen LogP contribution in [0.2, 0.25) is 0 Å². The number of fused-ring (bicyclic) bond motifs is 1. The Labute approximate surface area is 142 Å². The van der Waals surface area contributed by atoms with Crippen molar-refractivity contribution in [1.82, 2.24) is 14.8 Å². The van der Waals surface area contributed by atoms with Crippen molar-refractivity contribution >= 4 is 33.3 Å². The van der Waals surface area contributed by atoms with Gasteiger partial charge < -0.3 is 0 Å². The van der Waals surface area contributed by atoms with Crippen LogP contribution in [-0.4, -0.2) is 20.7 Å². The topological polar surface area (TPSA) is 59.8 Å². The summed E-state index contributed by atoms with van der Waals surface area (Å²) >= 11 is 1.42. The van der Waals surface area contributed by atoms with E-state index in [1.165, 1.54) is 11.3 Å². The molecule has 118 valence electrons. The number of rotatable bonds is 3. The number of para-hydroxylation sites is 1. The number of carbonyl (C=O) groups excluding carboxylic acids is 1. The molecule has 2 heterocycles. The Kier molecular flexibility index (Phi) is 3.59. The third-order valence-corrected chi connectivity index (χ3v) is 4.57. The fourth-order valence-corrected chi connectivity index (χ4v) is 3.20. The second-order valence-electron chi connectivity index (χ2n) is 5.41. The van der Waals surface area contributed by atoms with Crippen LogP contribution in [0.3, 0.4) is 0 Å². The van der Waals surface area contributed by atoms with Gasteiger partial charge in [0.05, 0.1) is 23.1 Å². The maximum Gasteiger partial charge on any atom is 0.257 e. The summed E-state index contributed by atoms with van der Waals surface area (Å²) in [6.45, 7) is 1.90. The number of hydrogen-bond donors (Lipinski definition) is 1. The monoisotopic (exact) mass is 334 g/mol. The molecule has 4 rings (SSSR count). The minimum absolute atomic E-state index is 0.166. The molecule has 1 N–H and O–H groups in total. The first-order chi connectivity index (χ1) is 11.7. The van der Waals surface area contributed by atoms with Gasteiger partial charge in [-0.25, -0.2) is 9.67 Å². The predicted octanol–water partition coefficient (Wildman–Crippen LogP) is 4.04. The van der Waals surface area contributed by atoms with Gasteiger partial charge in [-0.1, -0.05) is 18.2 Å². The Morgan fingerprint density at radius 1 is 1.12 bits per heavy atom. The predicted molar refractivity (Wildman–Crippen MR) is 95.9 cm³/mol. The molecule has 0 saturated heterocycles. The molecule has 4 aromatic rings. The first kappa shape index (κ1) is 14.6. The molecule has 2 aromatic heterocycles. The molecule has 6 heteroatoms. The standard InChI is InChI=1S/C18H14N4OS/c1-12-11-24-18(20-12)21-17(23)13-6-8-15(9-7-13)22-16-5-3-2-4-14(16)10-19-22/h2-11H,1H3,(H,20,21,23). The van der Waals surface area contributed by atoms with E-state index in [4.69, 9.17) is 0 Å². The number of carbonyl (C=O) groups is 1. The molecule has 1 amide bonds. The summed E-state index contributed by atoms with van der Waals surface area (Å²) in [6.07, 6.45) is 1.83. The van der Waals surface area contributed by atoms with Gasteiger partial charge in [0.2, 0.25) is 0 Å². The van der Waals surface area contributed by atoms with E-state index < -0.39 is 0 Å². The zero-order valence-electron chi connectivity index (χ0n) is 12.9. The lowest BCUT2D eigenvalue weighted by Crippen LogP contribution is -2.11. The number of benzene rings is 2. The van der Waals surface area contributed by atoms with E-state index >= 15 is 0 Å². The molecule has 0 bridgehead atoms. The molecular formula is C18H14N4OS. The van der Waals surface area contributed by atoms with E-state index in [1.54, 1.807) is 12.1 Å². The normalized spacial score (nSPS) is 10.9. The molecule has 24 heavy (non-hydrogen) atoms. The van der Waals surface area contributed by atoms with Crippen LogP contribution in [0.4, 0.5) is 5.13 Å². The number of thiazole rings is 1. The largest absolute Gasteiger partial charge is 0.298 e. The second-order valence-corrected chi connectivity index (χ2v) is 6.27. The zero-order valence-corrected chi connectivity index (χ0v) is 13.7. The molecule has 0 radical (unpaired) electrons. The van der Waals surface area contributed by atoms with E-state index in [-0.39, 0.29) is 5.91 Å². The minimum Gasteiger partial charge on any atom is -0.298 e. The van der Waals surface area contributed by atoms with Crippen LogP contribution in [0.25, 0.3) is 16.6 Å². The maximum absolute atomic E-state index is 12.3. The summed E-state index contributed by atoms with van der Waals surface area (Å²) in [5.41, 5.74) is 3.44. The third-order valence-electron chi connectivity index (χ3n) is 3.69. The summed E-state index contributed by atoms with van der Waals surface area (Å²) in [5, 5.41) is 10.8. The van der Waals surface area contributed by atoms with Crippen molar-refractivity contribution in [3.63, 3.8) is 0 Å². The van der Waals surface area contributed by atoms with Crippen LogP contribution in [0, 0.1) is 6.92 Å². The Balaban J connectivity index is 1.59. The summed E-state index contributed by atoms with van der Waals surface area (Å²) in [4.78, 5) is 16.5. The van der Waals surface area contributed by atoms with E-state index in [0.29, 0.717) is 10.7 Å². The van der Waals surface area contributed by atoms with E-state index in [0.717, 1.165) is 22.3 Å². The van der Waals surface area contributed by atoms with E-state index in [2.05, 4.69) is 15.4 Å². The highest BCUT2D eigenvalue weighted by Gasteiger charge is 2.09. The lowest BCUT2D eigenvalue weighted by atomic mass is 10.2. The van der Waals surface area contributed by atoms with Crippen LogP contribution in [0.5, 0.6) is 0 Å². The quantitative estimate of drug-likeness (QED) is 0.615.